The average molecular weight is 1040 g/mol. The van der Waals surface area contributed by atoms with Crippen LogP contribution in [0.4, 0.5) is 0 Å². The van der Waals surface area contributed by atoms with Crippen LogP contribution in [0.2, 0.25) is 0 Å². The van der Waals surface area contributed by atoms with Crippen molar-refractivity contribution in [3.05, 3.63) is 72.9 Å². The van der Waals surface area contributed by atoms with Gasteiger partial charge in [0.15, 0.2) is 6.10 Å². The van der Waals surface area contributed by atoms with Crippen LogP contribution in [0, 0.1) is 0 Å². The molecule has 0 aliphatic heterocycles. The number of unbranched alkanes of at least 4 members (excludes halogenated alkanes) is 29. The Kier molecular flexibility index (Phi) is 52.4. The van der Waals surface area contributed by atoms with Crippen molar-refractivity contribution in [1.82, 2.24) is 0 Å². The number of hydrogen-bond donors (Lipinski definition) is 0. The number of esters is 2. The number of rotatable bonds is 55. The average Bonchev–Trinajstić information content (AvgIpc) is 3.35. The monoisotopic (exact) mass is 1040 g/mol. The fraction of sp³-hybridized carbons (Fsp3) is 0.778. The van der Waals surface area contributed by atoms with Gasteiger partial charge in [-0.1, -0.05) is 260 Å². The number of allylic oxidation sites excluding steroid dienone is 12. The van der Waals surface area contributed by atoms with Crippen LogP contribution in [0.3, 0.4) is 0 Å². The molecule has 2 atom stereocenters. The van der Waals surface area contributed by atoms with Gasteiger partial charge in [0.25, 0.3) is 7.82 Å². The zero-order valence-corrected chi connectivity index (χ0v) is 49.0. The molecule has 0 aromatic heterocycles. The van der Waals surface area contributed by atoms with E-state index in [0.717, 1.165) is 83.5 Å². The Labute approximate surface area is 450 Å². The van der Waals surface area contributed by atoms with Gasteiger partial charge in [0, 0.05) is 12.8 Å². The lowest BCUT2D eigenvalue weighted by Crippen LogP contribution is -2.37. The number of ether oxygens (including phenoxy) is 2. The molecule has 0 N–H and O–H groups in total. The van der Waals surface area contributed by atoms with Crippen LogP contribution < -0.4 is 4.89 Å². The summed E-state index contributed by atoms with van der Waals surface area (Å²) in [6, 6.07) is 0. The lowest BCUT2D eigenvalue weighted by Gasteiger charge is -2.28. The molecule has 10 heteroatoms. The number of carbonyl (C=O) groups excluding carboxylic acids is 2. The van der Waals surface area contributed by atoms with E-state index in [1.807, 2.05) is 21.1 Å². The van der Waals surface area contributed by atoms with Crippen LogP contribution in [0.15, 0.2) is 72.9 Å². The summed E-state index contributed by atoms with van der Waals surface area (Å²) >= 11 is 0. The third-order valence-corrected chi connectivity index (χ3v) is 14.0. The number of likely N-dealkylation sites (N-methyl/N-ethyl adjacent to an activating group) is 1. The Bertz CT molecular complexity index is 1460. The molecule has 0 aliphatic rings. The summed E-state index contributed by atoms with van der Waals surface area (Å²) in [5, 5.41) is 0. The summed E-state index contributed by atoms with van der Waals surface area (Å²) in [5.74, 6) is -0.830. The van der Waals surface area contributed by atoms with Crippen LogP contribution in [-0.4, -0.2) is 70.0 Å². The summed E-state index contributed by atoms with van der Waals surface area (Å²) in [4.78, 5) is 37.9. The highest BCUT2D eigenvalue weighted by molar-refractivity contribution is 7.45. The first kappa shape index (κ1) is 70.5. The first-order valence-corrected chi connectivity index (χ1v) is 31.6. The molecule has 2 unspecified atom stereocenters. The number of phosphoric ester groups is 1. The molecular weight excluding hydrogens is 930 g/mol. The van der Waals surface area contributed by atoms with Crippen molar-refractivity contribution in [1.29, 1.82) is 0 Å². The van der Waals surface area contributed by atoms with Crippen molar-refractivity contribution < 1.29 is 42.1 Å². The van der Waals surface area contributed by atoms with Crippen LogP contribution in [0.25, 0.3) is 0 Å². The van der Waals surface area contributed by atoms with E-state index in [1.54, 1.807) is 0 Å². The molecule has 0 rings (SSSR count). The van der Waals surface area contributed by atoms with Gasteiger partial charge in [-0.15, -0.1) is 0 Å². The number of carbonyl (C=O) groups is 2. The van der Waals surface area contributed by atoms with Crippen LogP contribution in [0.5, 0.6) is 0 Å². The van der Waals surface area contributed by atoms with Crippen molar-refractivity contribution in [3.8, 4) is 0 Å². The van der Waals surface area contributed by atoms with Gasteiger partial charge >= 0.3 is 11.9 Å². The molecule has 0 aromatic rings. The molecule has 0 radical (unpaired) electrons. The van der Waals surface area contributed by atoms with E-state index in [9.17, 15) is 19.0 Å². The third-order valence-electron chi connectivity index (χ3n) is 13.0. The van der Waals surface area contributed by atoms with Gasteiger partial charge in [0.05, 0.1) is 27.7 Å². The molecule has 0 aliphatic carbocycles. The normalized spacial score (nSPS) is 13.8. The quantitative estimate of drug-likeness (QED) is 0.0195. The Morgan fingerprint density at radius 1 is 0.438 bits per heavy atom. The highest BCUT2D eigenvalue weighted by Crippen LogP contribution is 2.38. The minimum atomic E-state index is -4.64. The van der Waals surface area contributed by atoms with Gasteiger partial charge < -0.3 is 27.9 Å². The second kappa shape index (κ2) is 54.2. The van der Waals surface area contributed by atoms with Gasteiger partial charge in [-0.25, -0.2) is 0 Å². The first-order chi connectivity index (χ1) is 35.5. The molecule has 0 amide bonds. The predicted molar refractivity (Wildman–Crippen MR) is 309 cm³/mol. The zero-order valence-electron chi connectivity index (χ0n) is 48.1. The fourth-order valence-corrected chi connectivity index (χ4v) is 9.10. The molecule has 424 valence electrons. The maximum Gasteiger partial charge on any atom is 0.306 e. The SMILES string of the molecule is CC/C=C\C/C=C\C/C=C\C/C=C\C/C=C\C/C=C\CCCCCCCCCCCCC(=O)OC(COC(=O)CCCCCCCCCCCCCCCCCCCCCC)COP(=O)([O-])OCC[N+](C)(C)C. The standard InChI is InChI=1S/C63H114NO8P/c1-6-8-10-12-14-16-18-20-22-24-26-28-29-30-31-32-33-34-35-36-38-40-42-44-46-48-50-52-54-56-63(66)72-61(60-71-73(67,68)70-58-57-64(3,4)5)59-69-62(65)55-53-51-49-47-45-43-41-39-37-27-25-23-21-19-17-15-13-11-9-7-2/h8,10,14,16,20,22,26,28,30-31,33-34,61H,6-7,9,11-13,15,17-19,21,23-25,27,29,32,35-60H2,1-5H3/b10-8-,16-14-,22-20-,28-26-,31-30-,34-33-. The van der Waals surface area contributed by atoms with E-state index in [2.05, 4.69) is 86.8 Å². The lowest BCUT2D eigenvalue weighted by atomic mass is 10.0. The number of nitrogens with zero attached hydrogens (tertiary/aromatic N) is 1. The highest BCUT2D eigenvalue weighted by atomic mass is 31.2. The van der Waals surface area contributed by atoms with E-state index in [-0.39, 0.29) is 32.0 Å². The molecular formula is C63H114NO8P. The molecule has 0 saturated heterocycles. The number of hydrogen-bond acceptors (Lipinski definition) is 8. The first-order valence-electron chi connectivity index (χ1n) is 30.1. The molecule has 73 heavy (non-hydrogen) atoms. The number of phosphoric acid groups is 1. The Morgan fingerprint density at radius 2 is 0.781 bits per heavy atom. The maximum atomic E-state index is 12.8. The van der Waals surface area contributed by atoms with Crippen molar-refractivity contribution >= 4 is 19.8 Å². The van der Waals surface area contributed by atoms with E-state index < -0.39 is 26.5 Å². The third kappa shape index (κ3) is 58.6. The van der Waals surface area contributed by atoms with Crippen molar-refractivity contribution in [2.75, 3.05) is 47.5 Å². The Hall–Kier alpha value is -2.55. The van der Waals surface area contributed by atoms with Gasteiger partial charge in [-0.2, -0.15) is 0 Å². The van der Waals surface area contributed by atoms with E-state index in [1.165, 1.54) is 148 Å². The Morgan fingerprint density at radius 3 is 1.16 bits per heavy atom. The summed E-state index contributed by atoms with van der Waals surface area (Å²) in [5.41, 5.74) is 0. The topological polar surface area (TPSA) is 111 Å². The minimum absolute atomic E-state index is 0.0328. The van der Waals surface area contributed by atoms with E-state index in [0.29, 0.717) is 17.4 Å². The predicted octanol–water partition coefficient (Wildman–Crippen LogP) is 18.2. The molecule has 0 aromatic carbocycles. The molecule has 0 bridgehead atoms. The van der Waals surface area contributed by atoms with Crippen molar-refractivity contribution in [2.45, 2.75) is 270 Å². The number of quaternary nitrogens is 1. The van der Waals surface area contributed by atoms with Gasteiger partial charge in [-0.05, 0) is 64.2 Å². The van der Waals surface area contributed by atoms with Gasteiger partial charge in [-0.3, -0.25) is 14.2 Å². The maximum absolute atomic E-state index is 12.8. The second-order valence-electron chi connectivity index (χ2n) is 21.3. The van der Waals surface area contributed by atoms with Crippen LogP contribution in [0.1, 0.15) is 264 Å². The second-order valence-corrected chi connectivity index (χ2v) is 22.8. The smallest absolute Gasteiger partial charge is 0.306 e. The fourth-order valence-electron chi connectivity index (χ4n) is 8.37. The molecule has 0 spiro atoms. The van der Waals surface area contributed by atoms with E-state index in [4.69, 9.17) is 18.5 Å². The largest absolute Gasteiger partial charge is 0.756 e. The summed E-state index contributed by atoms with van der Waals surface area (Å²) in [6.45, 7) is 4.15. The molecule has 0 fully saturated rings. The zero-order chi connectivity index (χ0) is 53.5. The Balaban J connectivity index is 4.15. The van der Waals surface area contributed by atoms with Crippen LogP contribution in [-0.2, 0) is 32.7 Å². The van der Waals surface area contributed by atoms with Crippen molar-refractivity contribution in [3.63, 3.8) is 0 Å². The van der Waals surface area contributed by atoms with E-state index >= 15 is 0 Å². The van der Waals surface area contributed by atoms with Gasteiger partial charge in [0.2, 0.25) is 0 Å². The lowest BCUT2D eigenvalue weighted by molar-refractivity contribution is -0.870. The highest BCUT2D eigenvalue weighted by Gasteiger charge is 2.22. The minimum Gasteiger partial charge on any atom is -0.756 e. The summed E-state index contributed by atoms with van der Waals surface area (Å²) < 4.78 is 34.2. The van der Waals surface area contributed by atoms with Crippen molar-refractivity contribution in [2.24, 2.45) is 0 Å². The summed E-state index contributed by atoms with van der Waals surface area (Å²) in [7, 11) is 1.17. The molecule has 0 saturated carbocycles. The summed E-state index contributed by atoms with van der Waals surface area (Å²) in [6.07, 6.45) is 70.9. The molecule has 9 nitrogen and oxygen atoms in total. The van der Waals surface area contributed by atoms with Crippen LogP contribution >= 0.6 is 7.82 Å². The van der Waals surface area contributed by atoms with Gasteiger partial charge in [0.1, 0.15) is 19.8 Å². The molecule has 0 heterocycles.